The fourth-order valence-electron chi connectivity index (χ4n) is 1.35. The van der Waals surface area contributed by atoms with Crippen molar-refractivity contribution in [1.29, 1.82) is 0 Å². The van der Waals surface area contributed by atoms with Gasteiger partial charge in [0.05, 0.1) is 10.5 Å². The van der Waals surface area contributed by atoms with E-state index >= 15 is 0 Å². The summed E-state index contributed by atoms with van der Waals surface area (Å²) in [7, 11) is -2.40. The van der Waals surface area contributed by atoms with Crippen molar-refractivity contribution in [3.8, 4) is 0 Å². The first-order chi connectivity index (χ1) is 8.80. The summed E-state index contributed by atoms with van der Waals surface area (Å²) in [4.78, 5) is 10.6. The van der Waals surface area contributed by atoms with Crippen LogP contribution in [0.2, 0.25) is 0 Å². The number of thioether (sulfide) groups is 1. The summed E-state index contributed by atoms with van der Waals surface area (Å²) >= 11 is 1.49. The highest BCUT2D eigenvalue weighted by Crippen LogP contribution is 2.18. The third kappa shape index (κ3) is 3.68. The molecule has 106 valence electrons. The number of benzene rings is 1. The summed E-state index contributed by atoms with van der Waals surface area (Å²) in [6.45, 7) is 0.295. The van der Waals surface area contributed by atoms with E-state index in [0.29, 0.717) is 12.3 Å². The molecule has 1 aromatic rings. The zero-order valence-electron chi connectivity index (χ0n) is 10.5. The molecule has 19 heavy (non-hydrogen) atoms. The number of nitrogens with zero attached hydrogens (tertiary/aromatic N) is 1. The first kappa shape index (κ1) is 15.9. The standard InChI is InChI=1S/C11H14FNO4S2/c1-13(5-6-18-2)19(16,17)8-3-4-10(12)9(7-8)11(14)15/h3-4,7H,5-6H2,1-2H3,(H,14,15). The van der Waals surface area contributed by atoms with E-state index in [1.807, 2.05) is 6.26 Å². The molecule has 0 fully saturated rings. The van der Waals surface area contributed by atoms with Gasteiger partial charge in [0.1, 0.15) is 5.82 Å². The lowest BCUT2D eigenvalue weighted by atomic mass is 10.2. The van der Waals surface area contributed by atoms with E-state index < -0.39 is 27.4 Å². The van der Waals surface area contributed by atoms with Gasteiger partial charge in [-0.15, -0.1) is 0 Å². The molecule has 8 heteroatoms. The Kier molecular flexibility index (Phi) is 5.33. The fraction of sp³-hybridized carbons (Fsp3) is 0.364. The maximum atomic E-state index is 13.2. The maximum absolute atomic E-state index is 13.2. The second-order valence-electron chi connectivity index (χ2n) is 3.77. The lowest BCUT2D eigenvalue weighted by molar-refractivity contribution is 0.0691. The van der Waals surface area contributed by atoms with E-state index in [2.05, 4.69) is 0 Å². The zero-order chi connectivity index (χ0) is 14.6. The van der Waals surface area contributed by atoms with Crippen molar-refractivity contribution in [3.05, 3.63) is 29.6 Å². The largest absolute Gasteiger partial charge is 0.478 e. The monoisotopic (exact) mass is 307 g/mol. The van der Waals surface area contributed by atoms with Gasteiger partial charge in [-0.25, -0.2) is 21.9 Å². The number of carbonyl (C=O) groups is 1. The Morgan fingerprint density at radius 2 is 2.11 bits per heavy atom. The van der Waals surface area contributed by atoms with Crippen LogP contribution in [-0.4, -0.2) is 49.4 Å². The van der Waals surface area contributed by atoms with Crippen molar-refractivity contribution in [2.45, 2.75) is 4.90 Å². The van der Waals surface area contributed by atoms with Crippen LogP contribution in [0.3, 0.4) is 0 Å². The highest BCUT2D eigenvalue weighted by Gasteiger charge is 2.23. The summed E-state index contributed by atoms with van der Waals surface area (Å²) in [6.07, 6.45) is 1.85. The maximum Gasteiger partial charge on any atom is 0.338 e. The molecule has 0 aliphatic rings. The lowest BCUT2D eigenvalue weighted by Crippen LogP contribution is -2.29. The summed E-state index contributed by atoms with van der Waals surface area (Å²) in [5.41, 5.74) is -0.653. The molecule has 0 saturated heterocycles. The van der Waals surface area contributed by atoms with Crippen LogP contribution in [0.15, 0.2) is 23.1 Å². The van der Waals surface area contributed by atoms with Gasteiger partial charge in [0, 0.05) is 19.3 Å². The zero-order valence-corrected chi connectivity index (χ0v) is 12.1. The molecule has 0 amide bonds. The predicted octanol–water partition coefficient (Wildman–Crippen LogP) is 1.51. The third-order valence-corrected chi connectivity index (χ3v) is 4.93. The Balaban J connectivity index is 3.15. The number of rotatable bonds is 6. The Hall–Kier alpha value is -1.12. The van der Waals surface area contributed by atoms with Crippen molar-refractivity contribution in [1.82, 2.24) is 4.31 Å². The Labute approximate surface area is 115 Å². The molecule has 0 aromatic heterocycles. The molecule has 1 N–H and O–H groups in total. The van der Waals surface area contributed by atoms with Gasteiger partial charge in [-0.05, 0) is 24.5 Å². The Morgan fingerprint density at radius 3 is 2.63 bits per heavy atom. The fourth-order valence-corrected chi connectivity index (χ4v) is 3.12. The van der Waals surface area contributed by atoms with E-state index in [4.69, 9.17) is 5.11 Å². The van der Waals surface area contributed by atoms with Gasteiger partial charge >= 0.3 is 5.97 Å². The molecule has 0 bridgehead atoms. The van der Waals surface area contributed by atoms with Gasteiger partial charge in [-0.3, -0.25) is 0 Å². The SMILES string of the molecule is CSCCN(C)S(=O)(=O)c1ccc(F)c(C(=O)O)c1. The van der Waals surface area contributed by atoms with Gasteiger partial charge in [0.2, 0.25) is 10.0 Å². The summed E-state index contributed by atoms with van der Waals surface area (Å²) in [5, 5.41) is 8.78. The van der Waals surface area contributed by atoms with Gasteiger partial charge in [-0.2, -0.15) is 11.8 Å². The second kappa shape index (κ2) is 6.36. The number of sulfonamides is 1. The van der Waals surface area contributed by atoms with Crippen molar-refractivity contribution >= 4 is 27.8 Å². The van der Waals surface area contributed by atoms with Gasteiger partial charge in [-0.1, -0.05) is 0 Å². The Bertz CT molecular complexity index is 574. The van der Waals surface area contributed by atoms with Gasteiger partial charge < -0.3 is 5.11 Å². The summed E-state index contributed by atoms with van der Waals surface area (Å²) in [6, 6.07) is 2.74. The first-order valence-corrected chi connectivity index (χ1v) is 8.12. The van der Waals surface area contributed by atoms with Crippen molar-refractivity contribution < 1.29 is 22.7 Å². The van der Waals surface area contributed by atoms with Crippen LogP contribution in [-0.2, 0) is 10.0 Å². The van der Waals surface area contributed by atoms with E-state index in [-0.39, 0.29) is 4.90 Å². The van der Waals surface area contributed by atoms with E-state index in [1.54, 1.807) is 0 Å². The summed E-state index contributed by atoms with van der Waals surface area (Å²) < 4.78 is 38.6. The van der Waals surface area contributed by atoms with Crippen LogP contribution in [0.25, 0.3) is 0 Å². The minimum atomic E-state index is -3.79. The highest BCUT2D eigenvalue weighted by atomic mass is 32.2. The number of hydrogen-bond donors (Lipinski definition) is 1. The highest BCUT2D eigenvalue weighted by molar-refractivity contribution is 7.98. The Morgan fingerprint density at radius 1 is 1.47 bits per heavy atom. The normalized spacial score (nSPS) is 11.8. The molecule has 0 radical (unpaired) electrons. The van der Waals surface area contributed by atoms with E-state index in [1.165, 1.54) is 18.8 Å². The van der Waals surface area contributed by atoms with Crippen LogP contribution < -0.4 is 0 Å². The lowest BCUT2D eigenvalue weighted by Gasteiger charge is -2.16. The van der Waals surface area contributed by atoms with Crippen molar-refractivity contribution in [2.75, 3.05) is 25.6 Å². The molecule has 0 heterocycles. The molecule has 0 saturated carbocycles. The van der Waals surface area contributed by atoms with E-state index in [9.17, 15) is 17.6 Å². The molecule has 0 spiro atoms. The topological polar surface area (TPSA) is 74.7 Å². The number of halogens is 1. The third-order valence-electron chi connectivity index (χ3n) is 2.49. The number of aromatic carboxylic acids is 1. The minimum absolute atomic E-state index is 0.227. The predicted molar refractivity (Wildman–Crippen MR) is 71.6 cm³/mol. The van der Waals surface area contributed by atoms with Gasteiger partial charge in [0.25, 0.3) is 0 Å². The average Bonchev–Trinajstić information content (AvgIpc) is 2.35. The smallest absolute Gasteiger partial charge is 0.338 e. The second-order valence-corrected chi connectivity index (χ2v) is 6.80. The molecular formula is C11H14FNO4S2. The molecule has 0 atom stereocenters. The molecule has 0 aliphatic carbocycles. The van der Waals surface area contributed by atoms with Crippen molar-refractivity contribution in [2.24, 2.45) is 0 Å². The van der Waals surface area contributed by atoms with Crippen LogP contribution >= 0.6 is 11.8 Å². The van der Waals surface area contributed by atoms with Crippen molar-refractivity contribution in [3.63, 3.8) is 0 Å². The first-order valence-electron chi connectivity index (χ1n) is 5.29. The van der Waals surface area contributed by atoms with Crippen LogP contribution in [0.5, 0.6) is 0 Å². The number of carboxylic acid groups (broad SMARTS) is 1. The number of carboxylic acids is 1. The molecule has 1 rings (SSSR count). The van der Waals surface area contributed by atoms with E-state index in [0.717, 1.165) is 22.5 Å². The molecule has 1 aromatic carbocycles. The molecule has 5 nitrogen and oxygen atoms in total. The van der Waals surface area contributed by atoms with Crippen LogP contribution in [0.1, 0.15) is 10.4 Å². The average molecular weight is 307 g/mol. The molecule has 0 aliphatic heterocycles. The quantitative estimate of drug-likeness (QED) is 0.862. The van der Waals surface area contributed by atoms with Crippen LogP contribution in [0, 0.1) is 5.82 Å². The van der Waals surface area contributed by atoms with Gasteiger partial charge in [0.15, 0.2) is 0 Å². The number of hydrogen-bond acceptors (Lipinski definition) is 4. The van der Waals surface area contributed by atoms with Crippen LogP contribution in [0.4, 0.5) is 4.39 Å². The molecular weight excluding hydrogens is 293 g/mol. The minimum Gasteiger partial charge on any atom is -0.478 e. The molecule has 0 unspecified atom stereocenters. The summed E-state index contributed by atoms with van der Waals surface area (Å²) in [5.74, 6) is -1.84.